The second kappa shape index (κ2) is 5.53. The topological polar surface area (TPSA) is 80.4 Å². The highest BCUT2D eigenvalue weighted by molar-refractivity contribution is 5.91. The molecule has 0 aromatic heterocycles. The highest BCUT2D eigenvalue weighted by Crippen LogP contribution is 2.35. The number of alkyl halides is 2. The van der Waals surface area contributed by atoms with Crippen molar-refractivity contribution in [2.24, 2.45) is 11.7 Å². The number of carboxylic acid groups (broad SMARTS) is 1. The minimum atomic E-state index is -3.28. The van der Waals surface area contributed by atoms with Crippen molar-refractivity contribution in [2.75, 3.05) is 0 Å². The standard InChI is InChI=1S/C11H17F2NO3/c12-11(13)6-5-7(9(14)10(11)17)3-1-2-4-8(15)16/h7,9H,1-6,14H2,(H,15,16). The largest absolute Gasteiger partial charge is 0.481 e. The molecule has 0 aromatic carbocycles. The van der Waals surface area contributed by atoms with Gasteiger partial charge in [0.25, 0.3) is 0 Å². The van der Waals surface area contributed by atoms with Gasteiger partial charge in [0, 0.05) is 12.8 Å². The molecule has 0 saturated heterocycles. The summed E-state index contributed by atoms with van der Waals surface area (Å²) in [6, 6.07) is -1.11. The molecule has 1 saturated carbocycles. The average Bonchev–Trinajstić information content (AvgIpc) is 2.24. The lowest BCUT2D eigenvalue weighted by Gasteiger charge is -2.32. The molecule has 1 rings (SSSR count). The second-order valence-electron chi connectivity index (χ2n) is 4.53. The third-order valence-corrected chi connectivity index (χ3v) is 3.22. The van der Waals surface area contributed by atoms with Gasteiger partial charge in [-0.1, -0.05) is 6.42 Å². The van der Waals surface area contributed by atoms with E-state index in [2.05, 4.69) is 0 Å². The average molecular weight is 249 g/mol. The number of rotatable bonds is 5. The van der Waals surface area contributed by atoms with E-state index in [0.29, 0.717) is 19.3 Å². The van der Waals surface area contributed by atoms with Gasteiger partial charge in [0.15, 0.2) is 0 Å². The van der Waals surface area contributed by atoms with Gasteiger partial charge in [0.1, 0.15) is 0 Å². The Morgan fingerprint density at radius 1 is 1.47 bits per heavy atom. The lowest BCUT2D eigenvalue weighted by atomic mass is 9.79. The summed E-state index contributed by atoms with van der Waals surface area (Å²) >= 11 is 0. The number of nitrogens with two attached hydrogens (primary N) is 1. The van der Waals surface area contributed by atoms with Gasteiger partial charge in [0.2, 0.25) is 5.78 Å². The van der Waals surface area contributed by atoms with Crippen LogP contribution in [0.1, 0.15) is 38.5 Å². The van der Waals surface area contributed by atoms with E-state index < -0.39 is 30.1 Å². The third kappa shape index (κ3) is 3.73. The predicted molar refractivity (Wildman–Crippen MR) is 56.8 cm³/mol. The fourth-order valence-electron chi connectivity index (χ4n) is 2.13. The molecule has 0 aromatic rings. The molecule has 1 fully saturated rings. The molecule has 4 nitrogen and oxygen atoms in total. The fraction of sp³-hybridized carbons (Fsp3) is 0.818. The molecule has 2 unspecified atom stereocenters. The van der Waals surface area contributed by atoms with Crippen LogP contribution in [-0.2, 0) is 9.59 Å². The molecule has 2 atom stereocenters. The Bertz CT molecular complexity index is 307. The number of carbonyl (C=O) groups is 2. The third-order valence-electron chi connectivity index (χ3n) is 3.22. The number of aliphatic carboxylic acids is 1. The van der Waals surface area contributed by atoms with Gasteiger partial charge in [-0.05, 0) is 25.2 Å². The van der Waals surface area contributed by atoms with Crippen LogP contribution in [0.15, 0.2) is 0 Å². The zero-order valence-electron chi connectivity index (χ0n) is 9.49. The number of unbranched alkanes of at least 4 members (excludes halogenated alkanes) is 1. The number of carbonyl (C=O) groups excluding carboxylic acids is 1. The summed E-state index contributed by atoms with van der Waals surface area (Å²) in [5.74, 6) is -5.57. The minimum Gasteiger partial charge on any atom is -0.481 e. The maximum absolute atomic E-state index is 13.0. The molecule has 0 amide bonds. The molecule has 6 heteroatoms. The highest BCUT2D eigenvalue weighted by Gasteiger charge is 2.48. The molecule has 0 bridgehead atoms. The van der Waals surface area contributed by atoms with Gasteiger partial charge in [-0.2, -0.15) is 8.78 Å². The van der Waals surface area contributed by atoms with Gasteiger partial charge in [-0.15, -0.1) is 0 Å². The summed E-state index contributed by atoms with van der Waals surface area (Å²) in [5, 5.41) is 8.44. The molecule has 0 spiro atoms. The van der Waals surface area contributed by atoms with Gasteiger partial charge < -0.3 is 10.8 Å². The summed E-state index contributed by atoms with van der Waals surface area (Å²) in [7, 11) is 0. The Morgan fingerprint density at radius 3 is 2.71 bits per heavy atom. The van der Waals surface area contributed by atoms with Gasteiger partial charge in [-0.25, -0.2) is 0 Å². The van der Waals surface area contributed by atoms with Crippen molar-refractivity contribution in [1.82, 2.24) is 0 Å². The number of carboxylic acids is 1. The summed E-state index contributed by atoms with van der Waals surface area (Å²) in [6.07, 6.45) is 1.48. The van der Waals surface area contributed by atoms with E-state index in [1.165, 1.54) is 0 Å². The van der Waals surface area contributed by atoms with Crippen molar-refractivity contribution in [1.29, 1.82) is 0 Å². The molecule has 1 aliphatic rings. The normalized spacial score (nSPS) is 28.1. The molecule has 17 heavy (non-hydrogen) atoms. The number of halogens is 2. The highest BCUT2D eigenvalue weighted by atomic mass is 19.3. The van der Waals surface area contributed by atoms with Crippen LogP contribution in [0.2, 0.25) is 0 Å². The first-order chi connectivity index (χ1) is 7.84. The van der Waals surface area contributed by atoms with Crippen LogP contribution in [0.25, 0.3) is 0 Å². The molecular formula is C11H17F2NO3. The summed E-state index contributed by atoms with van der Waals surface area (Å²) < 4.78 is 26.0. The van der Waals surface area contributed by atoms with Crippen molar-refractivity contribution in [2.45, 2.75) is 50.5 Å². The minimum absolute atomic E-state index is 0.0616. The van der Waals surface area contributed by atoms with Crippen molar-refractivity contribution >= 4 is 11.8 Å². The Hall–Kier alpha value is -1.04. The SMILES string of the molecule is NC1C(=O)C(F)(F)CCC1CCCCC(=O)O. The molecule has 0 aliphatic heterocycles. The summed E-state index contributed by atoms with van der Waals surface area (Å²) in [6.45, 7) is 0. The number of Topliss-reactive ketones (excluding diaryl/α,β-unsaturated/α-hetero) is 1. The Morgan fingerprint density at radius 2 is 2.12 bits per heavy atom. The fourth-order valence-corrected chi connectivity index (χ4v) is 2.13. The van der Waals surface area contributed by atoms with E-state index >= 15 is 0 Å². The molecule has 1 aliphatic carbocycles. The second-order valence-corrected chi connectivity index (χ2v) is 4.53. The zero-order chi connectivity index (χ0) is 13.1. The Kier molecular flexibility index (Phi) is 4.56. The molecule has 98 valence electrons. The first-order valence-corrected chi connectivity index (χ1v) is 5.74. The van der Waals surface area contributed by atoms with Crippen LogP contribution in [0.3, 0.4) is 0 Å². The van der Waals surface area contributed by atoms with Crippen molar-refractivity contribution in [3.63, 3.8) is 0 Å². The van der Waals surface area contributed by atoms with Crippen LogP contribution in [0.5, 0.6) is 0 Å². The van der Waals surface area contributed by atoms with Crippen molar-refractivity contribution < 1.29 is 23.5 Å². The van der Waals surface area contributed by atoms with E-state index in [1.807, 2.05) is 0 Å². The monoisotopic (exact) mass is 249 g/mol. The Labute approximate surface area is 98.2 Å². The molecule has 0 radical (unpaired) electrons. The lowest BCUT2D eigenvalue weighted by molar-refractivity contribution is -0.152. The molecular weight excluding hydrogens is 232 g/mol. The van der Waals surface area contributed by atoms with Gasteiger partial charge in [-0.3, -0.25) is 9.59 Å². The smallest absolute Gasteiger partial charge is 0.306 e. The predicted octanol–water partition coefficient (Wildman–Crippen LogP) is 1.57. The number of hydrogen-bond acceptors (Lipinski definition) is 3. The maximum atomic E-state index is 13.0. The summed E-state index contributed by atoms with van der Waals surface area (Å²) in [4.78, 5) is 21.5. The van der Waals surface area contributed by atoms with Gasteiger partial charge >= 0.3 is 11.9 Å². The Balaban J connectivity index is 2.36. The molecule has 3 N–H and O–H groups in total. The van der Waals surface area contributed by atoms with E-state index in [4.69, 9.17) is 10.8 Å². The van der Waals surface area contributed by atoms with E-state index in [9.17, 15) is 18.4 Å². The summed E-state index contributed by atoms with van der Waals surface area (Å²) in [5.41, 5.74) is 5.49. The van der Waals surface area contributed by atoms with Crippen molar-refractivity contribution in [3.8, 4) is 0 Å². The molecule has 0 heterocycles. The number of hydrogen-bond donors (Lipinski definition) is 2. The van der Waals surface area contributed by atoms with E-state index in [0.717, 1.165) is 0 Å². The van der Waals surface area contributed by atoms with Crippen molar-refractivity contribution in [3.05, 3.63) is 0 Å². The quantitative estimate of drug-likeness (QED) is 0.725. The van der Waals surface area contributed by atoms with Gasteiger partial charge in [0.05, 0.1) is 6.04 Å². The van der Waals surface area contributed by atoms with Crippen LogP contribution in [-0.4, -0.2) is 28.8 Å². The first-order valence-electron chi connectivity index (χ1n) is 5.74. The van der Waals surface area contributed by atoms with Crippen LogP contribution in [0, 0.1) is 5.92 Å². The number of ketones is 1. The lowest BCUT2D eigenvalue weighted by Crippen LogP contribution is -2.51. The zero-order valence-corrected chi connectivity index (χ0v) is 9.49. The maximum Gasteiger partial charge on any atom is 0.306 e. The van der Waals surface area contributed by atoms with Crippen LogP contribution in [0.4, 0.5) is 8.78 Å². The first kappa shape index (κ1) is 14.0. The van der Waals surface area contributed by atoms with Crippen LogP contribution >= 0.6 is 0 Å². The van der Waals surface area contributed by atoms with E-state index in [-0.39, 0.29) is 18.8 Å². The van der Waals surface area contributed by atoms with Crippen LogP contribution < -0.4 is 5.73 Å². The van der Waals surface area contributed by atoms with E-state index in [1.54, 1.807) is 0 Å².